The van der Waals surface area contributed by atoms with Gasteiger partial charge in [0.25, 0.3) is 0 Å². The van der Waals surface area contributed by atoms with Crippen LogP contribution in [0.5, 0.6) is 23.0 Å². The number of fused-ring (bicyclic) bond motifs is 1. The highest BCUT2D eigenvalue weighted by Gasteiger charge is 2.31. The van der Waals surface area contributed by atoms with Gasteiger partial charge in [0.1, 0.15) is 23.1 Å². The van der Waals surface area contributed by atoms with E-state index in [4.69, 9.17) is 24.7 Å². The second-order valence-corrected chi connectivity index (χ2v) is 5.44. The summed E-state index contributed by atoms with van der Waals surface area (Å²) in [5, 5.41) is 9.60. The van der Waals surface area contributed by atoms with E-state index in [0.29, 0.717) is 28.6 Å². The maximum atomic E-state index is 9.60. The van der Waals surface area contributed by atoms with Gasteiger partial charge < -0.3 is 24.7 Å². The van der Waals surface area contributed by atoms with Crippen molar-refractivity contribution in [2.45, 2.75) is 5.92 Å². The standard InChI is InChI=1S/C19H18N2O4/c1-22-12-5-6-13-16(9-12)25-19(21)14(10-20)18(13)11-4-7-15(23-2)17(8-11)24-3/h4-9,18H,21H2,1-3H3/t18-/m1/s1. The number of nitriles is 1. The summed E-state index contributed by atoms with van der Waals surface area (Å²) in [5.41, 5.74) is 8.03. The van der Waals surface area contributed by atoms with Gasteiger partial charge in [0.2, 0.25) is 5.88 Å². The van der Waals surface area contributed by atoms with Crippen LogP contribution >= 0.6 is 0 Å². The molecule has 6 heteroatoms. The molecule has 0 unspecified atom stereocenters. The third kappa shape index (κ3) is 2.81. The van der Waals surface area contributed by atoms with Gasteiger partial charge in [-0.2, -0.15) is 5.26 Å². The van der Waals surface area contributed by atoms with Crippen molar-refractivity contribution in [2.75, 3.05) is 21.3 Å². The maximum Gasteiger partial charge on any atom is 0.205 e. The number of benzene rings is 2. The number of ether oxygens (including phenoxy) is 4. The molecule has 0 aromatic heterocycles. The monoisotopic (exact) mass is 338 g/mol. The molecular weight excluding hydrogens is 320 g/mol. The first-order chi connectivity index (χ1) is 12.1. The number of nitrogens with two attached hydrogens (primary N) is 1. The zero-order valence-corrected chi connectivity index (χ0v) is 14.2. The lowest BCUT2D eigenvalue weighted by atomic mass is 9.83. The summed E-state index contributed by atoms with van der Waals surface area (Å²) in [4.78, 5) is 0. The van der Waals surface area contributed by atoms with Gasteiger partial charge in [0.15, 0.2) is 11.5 Å². The Morgan fingerprint density at radius 3 is 2.40 bits per heavy atom. The topological polar surface area (TPSA) is 86.7 Å². The zero-order chi connectivity index (χ0) is 18.0. The van der Waals surface area contributed by atoms with Gasteiger partial charge >= 0.3 is 0 Å². The van der Waals surface area contributed by atoms with Crippen LogP contribution in [0.4, 0.5) is 0 Å². The van der Waals surface area contributed by atoms with E-state index in [1.165, 1.54) is 0 Å². The first-order valence-electron chi connectivity index (χ1n) is 7.60. The molecule has 0 saturated heterocycles. The molecule has 0 amide bonds. The Kier molecular flexibility index (Phi) is 4.40. The molecule has 0 fully saturated rings. The van der Waals surface area contributed by atoms with Crippen LogP contribution in [0.25, 0.3) is 0 Å². The average molecular weight is 338 g/mol. The second kappa shape index (κ2) is 6.65. The van der Waals surface area contributed by atoms with Crippen molar-refractivity contribution in [2.24, 2.45) is 5.73 Å². The van der Waals surface area contributed by atoms with E-state index >= 15 is 0 Å². The number of hydrogen-bond acceptors (Lipinski definition) is 6. The first-order valence-corrected chi connectivity index (χ1v) is 7.60. The lowest BCUT2D eigenvalue weighted by Gasteiger charge is -2.27. The summed E-state index contributed by atoms with van der Waals surface area (Å²) in [7, 11) is 4.72. The van der Waals surface area contributed by atoms with E-state index in [1.807, 2.05) is 24.3 Å². The molecule has 0 radical (unpaired) electrons. The Hall–Kier alpha value is -3.33. The van der Waals surface area contributed by atoms with Crippen LogP contribution in [-0.4, -0.2) is 21.3 Å². The molecule has 3 rings (SSSR count). The minimum atomic E-state index is -0.362. The fourth-order valence-electron chi connectivity index (χ4n) is 2.94. The molecule has 0 bridgehead atoms. The molecule has 25 heavy (non-hydrogen) atoms. The second-order valence-electron chi connectivity index (χ2n) is 5.44. The van der Waals surface area contributed by atoms with Crippen LogP contribution in [0.3, 0.4) is 0 Å². The fourth-order valence-corrected chi connectivity index (χ4v) is 2.94. The van der Waals surface area contributed by atoms with Crippen LogP contribution in [0.15, 0.2) is 47.9 Å². The van der Waals surface area contributed by atoms with Gasteiger partial charge in [-0.3, -0.25) is 0 Å². The SMILES string of the molecule is COc1ccc2c(c1)OC(N)=C(C#N)[C@@H]2c1ccc(OC)c(OC)c1. The summed E-state index contributed by atoms with van der Waals surface area (Å²) >= 11 is 0. The first kappa shape index (κ1) is 16.5. The van der Waals surface area contributed by atoms with Gasteiger partial charge in [-0.05, 0) is 23.8 Å². The molecule has 128 valence electrons. The fraction of sp³-hybridized carbons (Fsp3) is 0.211. The van der Waals surface area contributed by atoms with Crippen LogP contribution in [-0.2, 0) is 0 Å². The van der Waals surface area contributed by atoms with E-state index < -0.39 is 0 Å². The van der Waals surface area contributed by atoms with Crippen LogP contribution in [0, 0.1) is 11.3 Å². The van der Waals surface area contributed by atoms with E-state index in [1.54, 1.807) is 33.5 Å². The van der Waals surface area contributed by atoms with E-state index in [-0.39, 0.29) is 11.8 Å². The van der Waals surface area contributed by atoms with E-state index in [0.717, 1.165) is 11.1 Å². The van der Waals surface area contributed by atoms with Gasteiger partial charge in [-0.1, -0.05) is 12.1 Å². The Bertz CT molecular complexity index is 883. The van der Waals surface area contributed by atoms with Gasteiger partial charge in [-0.15, -0.1) is 0 Å². The van der Waals surface area contributed by atoms with Crippen LogP contribution in [0.1, 0.15) is 17.0 Å². The lowest BCUT2D eigenvalue weighted by molar-refractivity contribution is 0.354. The maximum absolute atomic E-state index is 9.60. The van der Waals surface area contributed by atoms with Gasteiger partial charge in [0.05, 0.1) is 27.2 Å². The Balaban J connectivity index is 2.18. The predicted molar refractivity (Wildman–Crippen MR) is 91.8 cm³/mol. The van der Waals surface area contributed by atoms with E-state index in [9.17, 15) is 5.26 Å². The normalized spacial score (nSPS) is 15.7. The smallest absolute Gasteiger partial charge is 0.205 e. The Morgan fingerprint density at radius 2 is 1.76 bits per heavy atom. The van der Waals surface area contributed by atoms with Crippen molar-refractivity contribution in [3.63, 3.8) is 0 Å². The quantitative estimate of drug-likeness (QED) is 0.922. The Labute approximate surface area is 146 Å². The number of allylic oxidation sites excluding steroid dienone is 1. The molecule has 1 aliphatic rings. The minimum absolute atomic E-state index is 0.0861. The highest BCUT2D eigenvalue weighted by molar-refractivity contribution is 5.59. The summed E-state index contributed by atoms with van der Waals surface area (Å²) in [6, 6.07) is 13.1. The number of hydrogen-bond donors (Lipinski definition) is 1. The number of rotatable bonds is 4. The highest BCUT2D eigenvalue weighted by Crippen LogP contribution is 2.44. The average Bonchev–Trinajstić information content (AvgIpc) is 2.65. The molecule has 0 aliphatic carbocycles. The zero-order valence-electron chi connectivity index (χ0n) is 14.2. The van der Waals surface area contributed by atoms with Crippen molar-refractivity contribution >= 4 is 0 Å². The highest BCUT2D eigenvalue weighted by atomic mass is 16.5. The third-order valence-corrected chi connectivity index (χ3v) is 4.17. The minimum Gasteiger partial charge on any atom is -0.497 e. The van der Waals surface area contributed by atoms with E-state index in [2.05, 4.69) is 6.07 Å². The molecule has 0 saturated carbocycles. The summed E-state index contributed by atoms with van der Waals surface area (Å²) in [5.74, 6) is 2.14. The van der Waals surface area contributed by atoms with Crippen molar-refractivity contribution in [1.29, 1.82) is 5.26 Å². The summed E-state index contributed by atoms with van der Waals surface area (Å²) in [6.45, 7) is 0. The molecule has 1 heterocycles. The molecule has 2 N–H and O–H groups in total. The van der Waals surface area contributed by atoms with Crippen LogP contribution in [0.2, 0.25) is 0 Å². The summed E-state index contributed by atoms with van der Waals surface area (Å²) < 4.78 is 21.5. The lowest BCUT2D eigenvalue weighted by Crippen LogP contribution is -2.21. The van der Waals surface area contributed by atoms with Crippen molar-refractivity contribution in [3.05, 3.63) is 59.0 Å². The third-order valence-electron chi connectivity index (χ3n) is 4.17. The molecule has 6 nitrogen and oxygen atoms in total. The number of methoxy groups -OCH3 is 3. The molecule has 0 spiro atoms. The molecule has 2 aromatic rings. The van der Waals surface area contributed by atoms with Gasteiger partial charge in [-0.25, -0.2) is 0 Å². The van der Waals surface area contributed by atoms with Crippen LogP contribution < -0.4 is 24.7 Å². The largest absolute Gasteiger partial charge is 0.497 e. The molecule has 2 aromatic carbocycles. The Morgan fingerprint density at radius 1 is 1.00 bits per heavy atom. The summed E-state index contributed by atoms with van der Waals surface area (Å²) in [6.07, 6.45) is 0. The molecular formula is C19H18N2O4. The van der Waals surface area contributed by atoms with Gasteiger partial charge in [0, 0.05) is 11.6 Å². The molecule has 1 atom stereocenters. The van der Waals surface area contributed by atoms with Crippen molar-refractivity contribution in [3.8, 4) is 29.1 Å². The number of nitrogens with zero attached hydrogens (tertiary/aromatic N) is 1. The van der Waals surface area contributed by atoms with Crippen molar-refractivity contribution < 1.29 is 18.9 Å². The van der Waals surface area contributed by atoms with Crippen molar-refractivity contribution in [1.82, 2.24) is 0 Å². The molecule has 1 aliphatic heterocycles. The predicted octanol–water partition coefficient (Wildman–Crippen LogP) is 2.93.